The minimum absolute atomic E-state index is 0.00554. The molecule has 0 aromatic heterocycles. The second kappa shape index (κ2) is 13.1. The molecule has 2 rings (SSSR count). The molecule has 0 spiro atoms. The fraction of sp³-hybridized carbons (Fsp3) is 0.619. The first kappa shape index (κ1) is 26.6. The Morgan fingerprint density at radius 1 is 1.25 bits per heavy atom. The highest BCUT2D eigenvalue weighted by atomic mass is 32.2. The summed E-state index contributed by atoms with van der Waals surface area (Å²) in [4.78, 5) is 26.3. The Morgan fingerprint density at radius 3 is 2.56 bits per heavy atom. The van der Waals surface area contributed by atoms with Gasteiger partial charge in [-0.15, -0.1) is 0 Å². The van der Waals surface area contributed by atoms with Crippen LogP contribution in [-0.4, -0.2) is 75.4 Å². The van der Waals surface area contributed by atoms with Gasteiger partial charge in [0.15, 0.2) is 0 Å². The molecule has 1 unspecified atom stereocenters. The summed E-state index contributed by atoms with van der Waals surface area (Å²) in [5, 5.41) is 5.78. The van der Waals surface area contributed by atoms with Crippen molar-refractivity contribution in [2.24, 2.45) is 0 Å². The van der Waals surface area contributed by atoms with Crippen molar-refractivity contribution in [1.82, 2.24) is 20.3 Å². The third-order valence-electron chi connectivity index (χ3n) is 5.22. The van der Waals surface area contributed by atoms with Crippen LogP contribution in [0.4, 0.5) is 4.39 Å². The van der Waals surface area contributed by atoms with E-state index in [1.807, 2.05) is 18.1 Å². The van der Waals surface area contributed by atoms with Crippen molar-refractivity contribution >= 4 is 33.6 Å². The molecular weight excluding hydrogens is 455 g/mol. The van der Waals surface area contributed by atoms with Gasteiger partial charge in [0.05, 0.1) is 6.54 Å². The summed E-state index contributed by atoms with van der Waals surface area (Å²) in [5.41, 5.74) is 0. The van der Waals surface area contributed by atoms with E-state index in [9.17, 15) is 22.4 Å². The van der Waals surface area contributed by atoms with E-state index in [2.05, 4.69) is 15.4 Å². The Kier molecular flexibility index (Phi) is 10.9. The summed E-state index contributed by atoms with van der Waals surface area (Å²) in [6.07, 6.45) is 4.38. The maximum atomic E-state index is 14.0. The number of carbonyl (C=O) groups excluding carboxylic acids is 2. The van der Waals surface area contributed by atoms with Gasteiger partial charge in [0, 0.05) is 25.7 Å². The molecule has 1 saturated heterocycles. The molecule has 1 aromatic rings. The SMILES string of the molecule is CCCNC(=O)CN1CCC(NC(=O)C(CCSC)NS(=O)(=O)c2ccccc2F)CC1. The highest BCUT2D eigenvalue weighted by Crippen LogP contribution is 2.16. The molecule has 1 aliphatic rings. The molecule has 1 atom stereocenters. The Balaban J connectivity index is 1.93. The zero-order valence-corrected chi connectivity index (χ0v) is 20.2. The Morgan fingerprint density at radius 2 is 1.94 bits per heavy atom. The number of likely N-dealkylation sites (tertiary alicyclic amines) is 1. The summed E-state index contributed by atoms with van der Waals surface area (Å²) in [6, 6.07) is 3.99. The topological polar surface area (TPSA) is 108 Å². The molecule has 180 valence electrons. The predicted molar refractivity (Wildman–Crippen MR) is 124 cm³/mol. The van der Waals surface area contributed by atoms with Gasteiger partial charge < -0.3 is 10.6 Å². The largest absolute Gasteiger partial charge is 0.355 e. The summed E-state index contributed by atoms with van der Waals surface area (Å²) >= 11 is 1.50. The number of nitrogens with one attached hydrogen (secondary N) is 3. The van der Waals surface area contributed by atoms with Crippen molar-refractivity contribution in [1.29, 1.82) is 0 Å². The van der Waals surface area contributed by atoms with Crippen LogP contribution in [0.3, 0.4) is 0 Å². The zero-order chi connectivity index (χ0) is 23.6. The fourth-order valence-corrected chi connectivity index (χ4v) is 5.23. The number of nitrogens with zero attached hydrogens (tertiary/aromatic N) is 1. The minimum Gasteiger partial charge on any atom is -0.355 e. The molecule has 32 heavy (non-hydrogen) atoms. The normalized spacial score (nSPS) is 16.5. The Bertz CT molecular complexity index is 861. The fourth-order valence-electron chi connectivity index (χ4n) is 3.45. The molecule has 0 bridgehead atoms. The number of hydrogen-bond donors (Lipinski definition) is 3. The lowest BCUT2D eigenvalue weighted by molar-refractivity contribution is -0.125. The highest BCUT2D eigenvalue weighted by Gasteiger charge is 2.29. The number of sulfonamides is 1. The van der Waals surface area contributed by atoms with Crippen molar-refractivity contribution in [2.45, 2.75) is 49.6 Å². The zero-order valence-electron chi connectivity index (χ0n) is 18.6. The van der Waals surface area contributed by atoms with E-state index in [1.165, 1.54) is 30.0 Å². The van der Waals surface area contributed by atoms with Gasteiger partial charge in [-0.1, -0.05) is 19.1 Å². The van der Waals surface area contributed by atoms with Crippen LogP contribution in [0.5, 0.6) is 0 Å². The van der Waals surface area contributed by atoms with Crippen molar-refractivity contribution in [3.8, 4) is 0 Å². The Labute approximate surface area is 194 Å². The molecule has 1 fully saturated rings. The maximum absolute atomic E-state index is 14.0. The van der Waals surface area contributed by atoms with Crippen molar-refractivity contribution in [2.75, 3.05) is 38.2 Å². The molecule has 0 radical (unpaired) electrons. The molecule has 2 amide bonds. The predicted octanol–water partition coefficient (Wildman–Crippen LogP) is 1.33. The Hall–Kier alpha value is -1.69. The van der Waals surface area contributed by atoms with Gasteiger partial charge in [0.2, 0.25) is 21.8 Å². The van der Waals surface area contributed by atoms with Crippen molar-refractivity contribution in [3.63, 3.8) is 0 Å². The number of amides is 2. The summed E-state index contributed by atoms with van der Waals surface area (Å²) in [5.74, 6) is -0.713. The number of piperidine rings is 1. The van der Waals surface area contributed by atoms with Crippen LogP contribution < -0.4 is 15.4 Å². The molecule has 1 heterocycles. The van der Waals surface area contributed by atoms with E-state index >= 15 is 0 Å². The third-order valence-corrected chi connectivity index (χ3v) is 7.37. The monoisotopic (exact) mass is 488 g/mol. The van der Waals surface area contributed by atoms with Crippen LogP contribution in [0.25, 0.3) is 0 Å². The van der Waals surface area contributed by atoms with Crippen LogP contribution in [0.2, 0.25) is 0 Å². The van der Waals surface area contributed by atoms with Gasteiger partial charge in [-0.25, -0.2) is 12.8 Å². The molecule has 3 N–H and O–H groups in total. The summed E-state index contributed by atoms with van der Waals surface area (Å²) < 4.78 is 41.7. The number of hydrogen-bond acceptors (Lipinski definition) is 6. The lowest BCUT2D eigenvalue weighted by Gasteiger charge is -2.32. The molecule has 0 aliphatic carbocycles. The quantitative estimate of drug-likeness (QED) is 0.410. The standard InChI is InChI=1S/C21H33FN4O4S2/c1-3-11-23-20(27)15-26-12-8-16(9-13-26)24-21(28)18(10-14-31-2)25-32(29,30)19-7-5-4-6-17(19)22/h4-7,16,18,25H,3,8-15H2,1-2H3,(H,23,27)(H,24,28). The highest BCUT2D eigenvalue weighted by molar-refractivity contribution is 7.98. The third kappa shape index (κ3) is 8.34. The average Bonchev–Trinajstić information content (AvgIpc) is 2.76. The number of benzene rings is 1. The second-order valence-electron chi connectivity index (χ2n) is 7.79. The van der Waals surface area contributed by atoms with E-state index in [1.54, 1.807) is 0 Å². The van der Waals surface area contributed by atoms with E-state index < -0.39 is 32.7 Å². The summed E-state index contributed by atoms with van der Waals surface area (Å²) in [6.45, 7) is 4.32. The number of rotatable bonds is 12. The first-order chi connectivity index (χ1) is 15.3. The van der Waals surface area contributed by atoms with Crippen LogP contribution >= 0.6 is 11.8 Å². The van der Waals surface area contributed by atoms with Gasteiger partial charge in [0.1, 0.15) is 16.8 Å². The first-order valence-electron chi connectivity index (χ1n) is 10.8. The van der Waals surface area contributed by atoms with Gasteiger partial charge in [0.25, 0.3) is 0 Å². The lowest BCUT2D eigenvalue weighted by atomic mass is 10.0. The molecule has 11 heteroatoms. The van der Waals surface area contributed by atoms with Gasteiger partial charge in [-0.2, -0.15) is 16.5 Å². The summed E-state index contributed by atoms with van der Waals surface area (Å²) in [7, 11) is -4.18. The van der Waals surface area contributed by atoms with E-state index in [0.29, 0.717) is 44.8 Å². The van der Waals surface area contributed by atoms with Gasteiger partial charge in [-0.3, -0.25) is 14.5 Å². The number of thioether (sulfide) groups is 1. The molecule has 1 aliphatic heterocycles. The molecule has 1 aromatic carbocycles. The van der Waals surface area contributed by atoms with E-state index in [4.69, 9.17) is 0 Å². The van der Waals surface area contributed by atoms with Crippen LogP contribution in [0.15, 0.2) is 29.2 Å². The van der Waals surface area contributed by atoms with Crippen LogP contribution in [0.1, 0.15) is 32.6 Å². The maximum Gasteiger partial charge on any atom is 0.244 e. The van der Waals surface area contributed by atoms with Crippen LogP contribution in [-0.2, 0) is 19.6 Å². The number of halogens is 1. The smallest absolute Gasteiger partial charge is 0.244 e. The minimum atomic E-state index is -4.18. The van der Waals surface area contributed by atoms with E-state index in [0.717, 1.165) is 12.5 Å². The molecule has 0 saturated carbocycles. The second-order valence-corrected chi connectivity index (χ2v) is 10.5. The molecular formula is C21H33FN4O4S2. The van der Waals surface area contributed by atoms with E-state index in [-0.39, 0.29) is 18.4 Å². The average molecular weight is 489 g/mol. The van der Waals surface area contributed by atoms with Gasteiger partial charge >= 0.3 is 0 Å². The van der Waals surface area contributed by atoms with Crippen molar-refractivity contribution < 1.29 is 22.4 Å². The first-order valence-corrected chi connectivity index (χ1v) is 13.7. The van der Waals surface area contributed by atoms with Crippen LogP contribution in [0, 0.1) is 5.82 Å². The van der Waals surface area contributed by atoms with Crippen molar-refractivity contribution in [3.05, 3.63) is 30.1 Å². The lowest BCUT2D eigenvalue weighted by Crippen LogP contribution is -2.53. The number of carbonyl (C=O) groups is 2. The van der Waals surface area contributed by atoms with Gasteiger partial charge in [-0.05, 0) is 49.8 Å². The molecule has 8 nitrogen and oxygen atoms in total.